The van der Waals surface area contributed by atoms with Crippen molar-refractivity contribution in [3.63, 3.8) is 0 Å². The second kappa shape index (κ2) is 4.74. The van der Waals surface area contributed by atoms with E-state index in [1.807, 2.05) is 0 Å². The van der Waals surface area contributed by atoms with E-state index in [1.54, 1.807) is 24.5 Å². The Morgan fingerprint density at radius 2 is 1.94 bits per heavy atom. The molecule has 0 bridgehead atoms. The number of carbonyl (C=O) groups is 1. The largest absolute Gasteiger partial charge is 0.396 e. The fraction of sp³-hybridized carbons (Fsp3) is 0.0769. The number of aromatic nitrogens is 1. The Balaban J connectivity index is 2.18. The molecule has 17 heavy (non-hydrogen) atoms. The van der Waals surface area contributed by atoms with Gasteiger partial charge in [-0.15, -0.1) is 0 Å². The van der Waals surface area contributed by atoms with Crippen molar-refractivity contribution in [2.24, 2.45) is 0 Å². The summed E-state index contributed by atoms with van der Waals surface area (Å²) >= 11 is 0. The molecule has 0 aliphatic heterocycles. The van der Waals surface area contributed by atoms with E-state index in [4.69, 9.17) is 5.73 Å². The lowest BCUT2D eigenvalue weighted by Crippen LogP contribution is -2.05. The van der Waals surface area contributed by atoms with E-state index in [-0.39, 0.29) is 17.9 Å². The Labute approximate surface area is 98.1 Å². The number of ketones is 1. The molecule has 0 fully saturated rings. The molecule has 1 aromatic carbocycles. The first-order chi connectivity index (χ1) is 8.16. The van der Waals surface area contributed by atoms with Gasteiger partial charge in [-0.2, -0.15) is 0 Å². The topological polar surface area (TPSA) is 56.0 Å². The SMILES string of the molecule is Nc1ccc(C(=O)Cc2ccncc2)cc1F. The van der Waals surface area contributed by atoms with Crippen molar-refractivity contribution >= 4 is 11.5 Å². The number of benzene rings is 1. The monoisotopic (exact) mass is 230 g/mol. The summed E-state index contributed by atoms with van der Waals surface area (Å²) in [5, 5.41) is 0. The van der Waals surface area contributed by atoms with E-state index >= 15 is 0 Å². The maximum Gasteiger partial charge on any atom is 0.167 e. The summed E-state index contributed by atoms with van der Waals surface area (Å²) in [6.45, 7) is 0. The van der Waals surface area contributed by atoms with Gasteiger partial charge in [0.15, 0.2) is 5.78 Å². The number of hydrogen-bond donors (Lipinski definition) is 1. The van der Waals surface area contributed by atoms with Gasteiger partial charge < -0.3 is 5.73 Å². The minimum Gasteiger partial charge on any atom is -0.396 e. The third-order valence-electron chi connectivity index (χ3n) is 2.44. The van der Waals surface area contributed by atoms with Crippen molar-refractivity contribution in [2.75, 3.05) is 5.73 Å². The number of rotatable bonds is 3. The van der Waals surface area contributed by atoms with Gasteiger partial charge in [0.2, 0.25) is 0 Å². The summed E-state index contributed by atoms with van der Waals surface area (Å²) in [5.74, 6) is -0.708. The van der Waals surface area contributed by atoms with Crippen molar-refractivity contribution < 1.29 is 9.18 Å². The predicted octanol–water partition coefficient (Wildman–Crippen LogP) is 2.23. The molecule has 0 amide bonds. The summed E-state index contributed by atoms with van der Waals surface area (Å²) in [7, 11) is 0. The standard InChI is InChI=1S/C13H11FN2O/c14-11-8-10(1-2-12(11)15)13(17)7-9-3-5-16-6-4-9/h1-6,8H,7,15H2. The highest BCUT2D eigenvalue weighted by Crippen LogP contribution is 2.14. The van der Waals surface area contributed by atoms with Gasteiger partial charge in [0.1, 0.15) is 5.82 Å². The molecular formula is C13H11FN2O. The Bertz CT molecular complexity index is 540. The minimum atomic E-state index is -0.564. The van der Waals surface area contributed by atoms with Gasteiger partial charge in [0.25, 0.3) is 0 Å². The molecule has 2 rings (SSSR count). The summed E-state index contributed by atoms with van der Waals surface area (Å²) < 4.78 is 13.2. The smallest absolute Gasteiger partial charge is 0.167 e. The van der Waals surface area contributed by atoms with Crippen LogP contribution in [-0.4, -0.2) is 10.8 Å². The highest BCUT2D eigenvalue weighted by molar-refractivity contribution is 5.97. The number of nitrogens with two attached hydrogens (primary N) is 1. The first kappa shape index (κ1) is 11.3. The summed E-state index contributed by atoms with van der Waals surface area (Å²) in [6, 6.07) is 7.60. The van der Waals surface area contributed by atoms with Crippen LogP contribution in [0.5, 0.6) is 0 Å². The molecule has 0 aliphatic carbocycles. The molecule has 0 spiro atoms. The number of pyridine rings is 1. The zero-order valence-electron chi connectivity index (χ0n) is 9.06. The van der Waals surface area contributed by atoms with Crippen LogP contribution in [0.4, 0.5) is 10.1 Å². The molecule has 1 aromatic heterocycles. The van der Waals surface area contributed by atoms with E-state index in [0.29, 0.717) is 5.56 Å². The van der Waals surface area contributed by atoms with Crippen molar-refractivity contribution in [1.29, 1.82) is 0 Å². The number of halogens is 1. The molecule has 0 atom stereocenters. The van der Waals surface area contributed by atoms with Gasteiger partial charge in [-0.25, -0.2) is 4.39 Å². The Morgan fingerprint density at radius 1 is 1.24 bits per heavy atom. The Morgan fingerprint density at radius 3 is 2.59 bits per heavy atom. The van der Waals surface area contributed by atoms with Crippen LogP contribution in [0.3, 0.4) is 0 Å². The maximum atomic E-state index is 13.2. The molecule has 3 nitrogen and oxygen atoms in total. The lowest BCUT2D eigenvalue weighted by molar-refractivity contribution is 0.0992. The third-order valence-corrected chi connectivity index (χ3v) is 2.44. The highest BCUT2D eigenvalue weighted by Gasteiger charge is 2.09. The third kappa shape index (κ3) is 2.66. The average Bonchev–Trinajstić information content (AvgIpc) is 2.34. The van der Waals surface area contributed by atoms with E-state index in [1.165, 1.54) is 18.2 Å². The zero-order chi connectivity index (χ0) is 12.3. The molecule has 4 heteroatoms. The number of hydrogen-bond acceptors (Lipinski definition) is 3. The van der Waals surface area contributed by atoms with Crippen molar-refractivity contribution in [3.05, 3.63) is 59.7 Å². The van der Waals surface area contributed by atoms with Crippen LogP contribution in [0.25, 0.3) is 0 Å². The van der Waals surface area contributed by atoms with Crippen molar-refractivity contribution in [3.8, 4) is 0 Å². The molecule has 0 saturated carbocycles. The van der Waals surface area contributed by atoms with Gasteiger partial charge >= 0.3 is 0 Å². The summed E-state index contributed by atoms with van der Waals surface area (Å²) in [6.07, 6.45) is 3.46. The molecule has 2 N–H and O–H groups in total. The molecule has 86 valence electrons. The Hall–Kier alpha value is -2.23. The second-order valence-electron chi connectivity index (χ2n) is 3.69. The highest BCUT2D eigenvalue weighted by atomic mass is 19.1. The van der Waals surface area contributed by atoms with Crippen LogP contribution >= 0.6 is 0 Å². The van der Waals surface area contributed by atoms with Crippen LogP contribution in [0.1, 0.15) is 15.9 Å². The van der Waals surface area contributed by atoms with Crippen molar-refractivity contribution in [2.45, 2.75) is 6.42 Å². The van der Waals surface area contributed by atoms with Gasteiger partial charge in [-0.1, -0.05) is 0 Å². The molecule has 0 aliphatic rings. The molecule has 0 radical (unpaired) electrons. The number of nitrogens with zero attached hydrogens (tertiary/aromatic N) is 1. The normalized spacial score (nSPS) is 10.2. The molecule has 0 unspecified atom stereocenters. The first-order valence-electron chi connectivity index (χ1n) is 5.14. The van der Waals surface area contributed by atoms with Crippen LogP contribution in [0.2, 0.25) is 0 Å². The van der Waals surface area contributed by atoms with Crippen molar-refractivity contribution in [1.82, 2.24) is 4.98 Å². The molecule has 2 aromatic rings. The van der Waals surface area contributed by atoms with Gasteiger partial charge in [-0.3, -0.25) is 9.78 Å². The molecule has 1 heterocycles. The average molecular weight is 230 g/mol. The number of nitrogen functional groups attached to an aromatic ring is 1. The van der Waals surface area contributed by atoms with Crippen LogP contribution in [0, 0.1) is 5.82 Å². The van der Waals surface area contributed by atoms with E-state index in [0.717, 1.165) is 5.56 Å². The lowest BCUT2D eigenvalue weighted by atomic mass is 10.0. The van der Waals surface area contributed by atoms with E-state index < -0.39 is 5.82 Å². The quantitative estimate of drug-likeness (QED) is 0.649. The fourth-order valence-corrected chi connectivity index (χ4v) is 1.49. The van der Waals surface area contributed by atoms with Crippen LogP contribution < -0.4 is 5.73 Å². The summed E-state index contributed by atoms with van der Waals surface area (Å²) in [5.41, 5.74) is 6.57. The van der Waals surface area contributed by atoms with Crippen LogP contribution in [-0.2, 0) is 6.42 Å². The second-order valence-corrected chi connectivity index (χ2v) is 3.69. The van der Waals surface area contributed by atoms with Gasteiger partial charge in [0.05, 0.1) is 5.69 Å². The number of Topliss-reactive ketones (excluding diaryl/α,β-unsaturated/α-hetero) is 1. The van der Waals surface area contributed by atoms with Gasteiger partial charge in [0, 0.05) is 24.4 Å². The predicted molar refractivity (Wildman–Crippen MR) is 63.1 cm³/mol. The molecular weight excluding hydrogens is 219 g/mol. The Kier molecular flexibility index (Phi) is 3.14. The van der Waals surface area contributed by atoms with E-state index in [2.05, 4.69) is 4.98 Å². The maximum absolute atomic E-state index is 13.2. The van der Waals surface area contributed by atoms with Gasteiger partial charge in [-0.05, 0) is 35.9 Å². The zero-order valence-corrected chi connectivity index (χ0v) is 9.06. The lowest BCUT2D eigenvalue weighted by Gasteiger charge is -2.02. The molecule has 0 saturated heterocycles. The number of anilines is 1. The minimum absolute atomic E-state index is 0.0467. The van der Waals surface area contributed by atoms with Crippen LogP contribution in [0.15, 0.2) is 42.7 Å². The van der Waals surface area contributed by atoms with E-state index in [9.17, 15) is 9.18 Å². The summed E-state index contributed by atoms with van der Waals surface area (Å²) in [4.78, 5) is 15.7. The fourth-order valence-electron chi connectivity index (χ4n) is 1.49. The first-order valence-corrected chi connectivity index (χ1v) is 5.14. The number of carbonyl (C=O) groups excluding carboxylic acids is 1.